The highest BCUT2D eigenvalue weighted by Crippen LogP contribution is 2.35. The van der Waals surface area contributed by atoms with Crippen LogP contribution in [0, 0.1) is 5.82 Å². The van der Waals surface area contributed by atoms with Crippen molar-refractivity contribution in [3.05, 3.63) is 52.5 Å². The van der Waals surface area contributed by atoms with Crippen molar-refractivity contribution in [1.29, 1.82) is 0 Å². The highest BCUT2D eigenvalue weighted by Gasteiger charge is 2.15. The molecule has 0 spiro atoms. The molecule has 0 amide bonds. The number of anilines is 1. The van der Waals surface area contributed by atoms with Crippen molar-refractivity contribution in [3.8, 4) is 11.1 Å². The van der Waals surface area contributed by atoms with Gasteiger partial charge < -0.3 is 10.4 Å². The number of carboxylic acids is 1. The largest absolute Gasteiger partial charge is 0.481 e. The van der Waals surface area contributed by atoms with Gasteiger partial charge in [-0.25, -0.2) is 14.4 Å². The Labute approximate surface area is 152 Å². The molecule has 0 saturated heterocycles. The van der Waals surface area contributed by atoms with Crippen LogP contribution in [0.4, 0.5) is 10.2 Å². The zero-order valence-electron chi connectivity index (χ0n) is 12.8. The van der Waals surface area contributed by atoms with Crippen LogP contribution in [0.15, 0.2) is 36.7 Å². The lowest BCUT2D eigenvalue weighted by Gasteiger charge is -2.13. The minimum Gasteiger partial charge on any atom is -0.481 e. The number of nitrogens with one attached hydrogen (secondary N) is 1. The Morgan fingerprint density at radius 2 is 1.96 bits per heavy atom. The van der Waals surface area contributed by atoms with Crippen LogP contribution in [0.5, 0.6) is 0 Å². The lowest BCUT2D eigenvalue weighted by Crippen LogP contribution is -2.09. The van der Waals surface area contributed by atoms with Crippen LogP contribution >= 0.6 is 23.2 Å². The summed E-state index contributed by atoms with van der Waals surface area (Å²) in [5.41, 5.74) is 1.51. The standard InChI is InChI=1S/C17H12Cl2FN3O2/c18-11-3-1-9(7-12(11)19)10-2-4-13(20)16-15(10)17(23-8-22-16)21-6-5-14(24)25/h1-4,7-8H,5-6H2,(H,24,25)(H,21,22,23). The van der Waals surface area contributed by atoms with Gasteiger partial charge in [-0.1, -0.05) is 35.3 Å². The average Bonchev–Trinajstić information content (AvgIpc) is 2.58. The summed E-state index contributed by atoms with van der Waals surface area (Å²) < 4.78 is 14.2. The van der Waals surface area contributed by atoms with E-state index in [2.05, 4.69) is 15.3 Å². The minimum atomic E-state index is -0.943. The van der Waals surface area contributed by atoms with E-state index >= 15 is 0 Å². The lowest BCUT2D eigenvalue weighted by molar-refractivity contribution is -0.136. The van der Waals surface area contributed by atoms with Gasteiger partial charge in [0.1, 0.15) is 23.5 Å². The fraction of sp³-hybridized carbons (Fsp3) is 0.118. The number of fused-ring (bicyclic) bond motifs is 1. The third-order valence-corrected chi connectivity index (χ3v) is 4.34. The maximum atomic E-state index is 14.2. The Hall–Kier alpha value is -2.44. The molecular weight excluding hydrogens is 368 g/mol. The molecule has 0 bridgehead atoms. The maximum absolute atomic E-state index is 14.2. The molecule has 0 unspecified atom stereocenters. The molecule has 0 saturated carbocycles. The summed E-state index contributed by atoms with van der Waals surface area (Å²) in [6, 6.07) is 7.99. The molecule has 25 heavy (non-hydrogen) atoms. The third-order valence-electron chi connectivity index (χ3n) is 3.60. The lowest BCUT2D eigenvalue weighted by atomic mass is 10.0. The first-order chi connectivity index (χ1) is 12.0. The van der Waals surface area contributed by atoms with E-state index in [1.807, 2.05) is 0 Å². The van der Waals surface area contributed by atoms with Crippen LogP contribution in [-0.2, 0) is 4.79 Å². The van der Waals surface area contributed by atoms with Crippen molar-refractivity contribution in [2.24, 2.45) is 0 Å². The Morgan fingerprint density at radius 3 is 2.68 bits per heavy atom. The molecule has 1 heterocycles. The first kappa shape index (κ1) is 17.4. The summed E-state index contributed by atoms with van der Waals surface area (Å²) >= 11 is 12.0. The van der Waals surface area contributed by atoms with E-state index in [0.717, 1.165) is 5.56 Å². The van der Waals surface area contributed by atoms with Gasteiger partial charge in [0.2, 0.25) is 0 Å². The molecule has 0 radical (unpaired) electrons. The molecule has 0 fully saturated rings. The highest BCUT2D eigenvalue weighted by molar-refractivity contribution is 6.42. The monoisotopic (exact) mass is 379 g/mol. The van der Waals surface area contributed by atoms with Crippen molar-refractivity contribution in [2.45, 2.75) is 6.42 Å². The molecule has 2 N–H and O–H groups in total. The van der Waals surface area contributed by atoms with Crippen LogP contribution in [0.25, 0.3) is 22.0 Å². The first-order valence-corrected chi connectivity index (χ1v) is 8.07. The zero-order chi connectivity index (χ0) is 18.0. The van der Waals surface area contributed by atoms with Crippen LogP contribution in [0.3, 0.4) is 0 Å². The van der Waals surface area contributed by atoms with E-state index in [4.69, 9.17) is 28.3 Å². The Morgan fingerprint density at radius 1 is 1.16 bits per heavy atom. The van der Waals surface area contributed by atoms with Crippen molar-refractivity contribution < 1.29 is 14.3 Å². The van der Waals surface area contributed by atoms with E-state index < -0.39 is 11.8 Å². The van der Waals surface area contributed by atoms with Gasteiger partial charge in [0, 0.05) is 6.54 Å². The molecule has 0 aliphatic carbocycles. The summed E-state index contributed by atoms with van der Waals surface area (Å²) in [6.07, 6.45) is 1.13. The smallest absolute Gasteiger partial charge is 0.305 e. The van der Waals surface area contributed by atoms with Crippen LogP contribution in [-0.4, -0.2) is 27.6 Å². The molecule has 3 aromatic rings. The topological polar surface area (TPSA) is 75.1 Å². The fourth-order valence-electron chi connectivity index (χ4n) is 2.47. The van der Waals surface area contributed by atoms with Gasteiger partial charge in [0.15, 0.2) is 0 Å². The van der Waals surface area contributed by atoms with Gasteiger partial charge in [-0.05, 0) is 29.3 Å². The number of aliphatic carboxylic acids is 1. The zero-order valence-corrected chi connectivity index (χ0v) is 14.3. The molecular formula is C17H12Cl2FN3O2. The molecule has 1 aromatic heterocycles. The number of hydrogen-bond donors (Lipinski definition) is 2. The predicted octanol–water partition coefficient (Wildman–Crippen LogP) is 4.63. The van der Waals surface area contributed by atoms with Gasteiger partial charge in [-0.3, -0.25) is 4.79 Å². The van der Waals surface area contributed by atoms with E-state index in [-0.39, 0.29) is 18.5 Å². The number of halogens is 3. The molecule has 5 nitrogen and oxygen atoms in total. The third kappa shape index (κ3) is 3.65. The summed E-state index contributed by atoms with van der Waals surface area (Å²) in [6.45, 7) is 0.152. The van der Waals surface area contributed by atoms with Crippen LogP contribution in [0.1, 0.15) is 6.42 Å². The second kappa shape index (κ2) is 7.21. The quantitative estimate of drug-likeness (QED) is 0.675. The predicted molar refractivity (Wildman–Crippen MR) is 95.7 cm³/mol. The maximum Gasteiger partial charge on any atom is 0.305 e. The molecule has 128 valence electrons. The fourth-order valence-corrected chi connectivity index (χ4v) is 2.76. The summed E-state index contributed by atoms with van der Waals surface area (Å²) in [5, 5.41) is 12.9. The van der Waals surface area contributed by atoms with E-state index in [1.165, 1.54) is 12.4 Å². The van der Waals surface area contributed by atoms with Gasteiger partial charge >= 0.3 is 5.97 Å². The second-order valence-corrected chi connectivity index (χ2v) is 6.05. The summed E-state index contributed by atoms with van der Waals surface area (Å²) in [4.78, 5) is 18.8. The van der Waals surface area contributed by atoms with Gasteiger partial charge in [0.05, 0.1) is 21.9 Å². The van der Waals surface area contributed by atoms with E-state index in [9.17, 15) is 9.18 Å². The number of nitrogens with zero attached hydrogens (tertiary/aromatic N) is 2. The Kier molecular flexibility index (Phi) is 5.01. The van der Waals surface area contributed by atoms with Crippen molar-refractivity contribution >= 4 is 45.9 Å². The summed E-state index contributed by atoms with van der Waals surface area (Å²) in [7, 11) is 0. The SMILES string of the molecule is O=C(O)CCNc1ncnc2c(F)ccc(-c3ccc(Cl)c(Cl)c3)c12. The average molecular weight is 380 g/mol. The number of carboxylic acid groups (broad SMARTS) is 1. The molecule has 2 aromatic carbocycles. The highest BCUT2D eigenvalue weighted by atomic mass is 35.5. The van der Waals surface area contributed by atoms with E-state index in [0.29, 0.717) is 26.8 Å². The van der Waals surface area contributed by atoms with Gasteiger partial charge in [-0.2, -0.15) is 0 Å². The van der Waals surface area contributed by atoms with Crippen LogP contribution < -0.4 is 5.32 Å². The summed E-state index contributed by atoms with van der Waals surface area (Å²) in [5.74, 6) is -1.09. The van der Waals surface area contributed by atoms with E-state index in [1.54, 1.807) is 24.3 Å². The number of benzene rings is 2. The minimum absolute atomic E-state index is 0.0943. The van der Waals surface area contributed by atoms with Crippen molar-refractivity contribution in [2.75, 3.05) is 11.9 Å². The Balaban J connectivity index is 2.16. The Bertz CT molecular complexity index is 966. The van der Waals surface area contributed by atoms with Crippen LogP contribution in [0.2, 0.25) is 10.0 Å². The normalized spacial score (nSPS) is 10.8. The molecule has 3 rings (SSSR count). The van der Waals surface area contributed by atoms with Gasteiger partial charge in [-0.15, -0.1) is 0 Å². The molecule has 0 aliphatic rings. The second-order valence-electron chi connectivity index (χ2n) is 5.24. The van der Waals surface area contributed by atoms with Gasteiger partial charge in [0.25, 0.3) is 0 Å². The molecule has 0 aliphatic heterocycles. The number of carbonyl (C=O) groups is 1. The number of hydrogen-bond acceptors (Lipinski definition) is 4. The number of aromatic nitrogens is 2. The van der Waals surface area contributed by atoms with Crippen molar-refractivity contribution in [3.63, 3.8) is 0 Å². The first-order valence-electron chi connectivity index (χ1n) is 7.31. The number of rotatable bonds is 5. The van der Waals surface area contributed by atoms with Crippen molar-refractivity contribution in [1.82, 2.24) is 9.97 Å². The molecule has 8 heteroatoms. The molecule has 0 atom stereocenters.